The summed E-state index contributed by atoms with van der Waals surface area (Å²) in [5.41, 5.74) is 4.80. The third-order valence-electron chi connectivity index (χ3n) is 6.32. The average molecular weight is 434 g/mol. The first kappa shape index (κ1) is 22.0. The van der Waals surface area contributed by atoms with Crippen molar-refractivity contribution in [3.63, 3.8) is 0 Å². The highest BCUT2D eigenvalue weighted by atomic mass is 16.2. The number of rotatable bonds is 4. The van der Waals surface area contributed by atoms with Crippen LogP contribution in [0.15, 0.2) is 30.3 Å². The number of hydrogen-bond acceptors (Lipinski definition) is 4. The lowest BCUT2D eigenvalue weighted by molar-refractivity contribution is 0.0699. The summed E-state index contributed by atoms with van der Waals surface area (Å²) in [6.07, 6.45) is 1.47. The number of likely N-dealkylation sites (tertiary alicyclic amines) is 1. The second kappa shape index (κ2) is 8.73. The fraction of sp³-hybridized carbons (Fsp3) is 0.440. The van der Waals surface area contributed by atoms with Crippen molar-refractivity contribution < 1.29 is 9.59 Å². The molecule has 2 aromatic heterocycles. The minimum Gasteiger partial charge on any atom is -0.349 e. The number of piperidine rings is 1. The molecule has 168 valence electrons. The molecule has 1 N–H and O–H groups in total. The third kappa shape index (κ3) is 4.11. The van der Waals surface area contributed by atoms with E-state index in [1.807, 2.05) is 56.1 Å². The van der Waals surface area contributed by atoms with E-state index in [9.17, 15) is 9.59 Å². The predicted molar refractivity (Wildman–Crippen MR) is 125 cm³/mol. The van der Waals surface area contributed by atoms with Crippen LogP contribution in [0, 0.1) is 13.8 Å². The van der Waals surface area contributed by atoms with Gasteiger partial charge in [0.05, 0.1) is 16.6 Å². The van der Waals surface area contributed by atoms with E-state index in [0.29, 0.717) is 24.2 Å². The Morgan fingerprint density at radius 3 is 2.44 bits per heavy atom. The molecule has 3 heterocycles. The van der Waals surface area contributed by atoms with Crippen LogP contribution in [0.4, 0.5) is 0 Å². The first-order valence-electron chi connectivity index (χ1n) is 11.3. The number of carbonyl (C=O) groups excluding carboxylic acids is 2. The molecule has 0 atom stereocenters. The Bertz CT molecular complexity index is 1170. The number of benzene rings is 1. The maximum absolute atomic E-state index is 13.5. The Labute approximate surface area is 188 Å². The van der Waals surface area contributed by atoms with Crippen LogP contribution in [-0.2, 0) is 7.05 Å². The molecule has 32 heavy (non-hydrogen) atoms. The summed E-state index contributed by atoms with van der Waals surface area (Å²) in [6, 6.07) is 9.59. The van der Waals surface area contributed by atoms with Gasteiger partial charge in [-0.15, -0.1) is 0 Å². The van der Waals surface area contributed by atoms with Gasteiger partial charge in [-0.3, -0.25) is 14.3 Å². The summed E-state index contributed by atoms with van der Waals surface area (Å²) in [6.45, 7) is 9.23. The van der Waals surface area contributed by atoms with Gasteiger partial charge in [-0.2, -0.15) is 5.10 Å². The minimum atomic E-state index is -0.0451. The van der Waals surface area contributed by atoms with Crippen LogP contribution in [0.2, 0.25) is 0 Å². The second-order valence-corrected chi connectivity index (χ2v) is 9.01. The van der Waals surface area contributed by atoms with Gasteiger partial charge in [0.15, 0.2) is 5.65 Å². The van der Waals surface area contributed by atoms with Crippen molar-refractivity contribution in [2.75, 3.05) is 13.1 Å². The number of amides is 2. The van der Waals surface area contributed by atoms with Crippen molar-refractivity contribution in [2.24, 2.45) is 7.05 Å². The summed E-state index contributed by atoms with van der Waals surface area (Å²) in [7, 11) is 1.86. The minimum absolute atomic E-state index is 0.0130. The van der Waals surface area contributed by atoms with E-state index in [1.165, 1.54) is 0 Å². The largest absolute Gasteiger partial charge is 0.349 e. The number of aromatic nitrogens is 3. The summed E-state index contributed by atoms with van der Waals surface area (Å²) >= 11 is 0. The standard InChI is InChI=1S/C25H31N5O2/c1-15(2)21-14-20(22-17(4)28-29(5)23(22)27-21)25(32)30-12-10-18(11-13-30)26-24(31)19-9-7-6-8-16(19)3/h6-9,14-15,18H,10-13H2,1-5H3,(H,26,31). The van der Waals surface area contributed by atoms with Crippen LogP contribution in [0.3, 0.4) is 0 Å². The fourth-order valence-electron chi connectivity index (χ4n) is 4.42. The fourth-order valence-corrected chi connectivity index (χ4v) is 4.42. The molecule has 1 saturated heterocycles. The molecule has 4 rings (SSSR count). The van der Waals surface area contributed by atoms with E-state index in [-0.39, 0.29) is 23.8 Å². The van der Waals surface area contributed by atoms with Crippen LogP contribution >= 0.6 is 0 Å². The highest BCUT2D eigenvalue weighted by molar-refractivity contribution is 6.06. The maximum atomic E-state index is 13.5. The Balaban J connectivity index is 1.50. The SMILES string of the molecule is Cc1ccccc1C(=O)NC1CCN(C(=O)c2cc(C(C)C)nc3c2c(C)nn3C)CC1. The third-order valence-corrected chi connectivity index (χ3v) is 6.32. The van der Waals surface area contributed by atoms with Crippen LogP contribution in [0.1, 0.15) is 70.3 Å². The number of pyridine rings is 1. The summed E-state index contributed by atoms with van der Waals surface area (Å²) in [5.74, 6) is 0.180. The molecule has 3 aromatic rings. The monoisotopic (exact) mass is 433 g/mol. The number of fused-ring (bicyclic) bond motifs is 1. The molecule has 0 unspecified atom stereocenters. The summed E-state index contributed by atoms with van der Waals surface area (Å²) in [4.78, 5) is 32.8. The zero-order valence-corrected chi connectivity index (χ0v) is 19.5. The van der Waals surface area contributed by atoms with E-state index < -0.39 is 0 Å². The van der Waals surface area contributed by atoms with Gasteiger partial charge >= 0.3 is 0 Å². The van der Waals surface area contributed by atoms with E-state index >= 15 is 0 Å². The van der Waals surface area contributed by atoms with Crippen LogP contribution in [-0.4, -0.2) is 50.6 Å². The lowest BCUT2D eigenvalue weighted by atomic mass is 10.00. The number of hydrogen-bond donors (Lipinski definition) is 1. The molecule has 7 nitrogen and oxygen atoms in total. The number of carbonyl (C=O) groups is 2. The molecule has 0 aliphatic carbocycles. The maximum Gasteiger partial charge on any atom is 0.254 e. The van der Waals surface area contributed by atoms with Crippen molar-refractivity contribution >= 4 is 22.8 Å². The van der Waals surface area contributed by atoms with Crippen LogP contribution in [0.5, 0.6) is 0 Å². The quantitative estimate of drug-likeness (QED) is 0.680. The Morgan fingerprint density at radius 2 is 1.78 bits per heavy atom. The molecule has 1 aliphatic rings. The van der Waals surface area contributed by atoms with Crippen molar-refractivity contribution in [3.05, 3.63) is 58.4 Å². The van der Waals surface area contributed by atoms with E-state index in [2.05, 4.69) is 24.3 Å². The molecule has 0 spiro atoms. The number of nitrogens with zero attached hydrogens (tertiary/aromatic N) is 4. The van der Waals surface area contributed by atoms with Crippen LogP contribution in [0.25, 0.3) is 11.0 Å². The van der Waals surface area contributed by atoms with E-state index in [4.69, 9.17) is 4.98 Å². The lowest BCUT2D eigenvalue weighted by Crippen LogP contribution is -2.46. The highest BCUT2D eigenvalue weighted by Crippen LogP contribution is 2.27. The van der Waals surface area contributed by atoms with Crippen molar-refractivity contribution in [1.82, 2.24) is 25.0 Å². The molecule has 7 heteroatoms. The van der Waals surface area contributed by atoms with Gasteiger partial charge in [0.25, 0.3) is 11.8 Å². The average Bonchev–Trinajstić information content (AvgIpc) is 3.07. The van der Waals surface area contributed by atoms with Gasteiger partial charge in [-0.25, -0.2) is 4.98 Å². The molecule has 0 saturated carbocycles. The topological polar surface area (TPSA) is 80.1 Å². The van der Waals surface area contributed by atoms with Gasteiger partial charge < -0.3 is 10.2 Å². The Morgan fingerprint density at radius 1 is 1.09 bits per heavy atom. The molecule has 1 aliphatic heterocycles. The van der Waals surface area contributed by atoms with Crippen molar-refractivity contribution in [1.29, 1.82) is 0 Å². The van der Waals surface area contributed by atoms with E-state index in [1.54, 1.807) is 4.68 Å². The Hall–Kier alpha value is -3.22. The van der Waals surface area contributed by atoms with Gasteiger partial charge in [0.2, 0.25) is 0 Å². The normalized spacial score (nSPS) is 14.9. The number of nitrogens with one attached hydrogen (secondary N) is 1. The van der Waals surface area contributed by atoms with Crippen molar-refractivity contribution in [2.45, 2.75) is 52.5 Å². The second-order valence-electron chi connectivity index (χ2n) is 9.01. The molecule has 1 fully saturated rings. The Kier molecular flexibility index (Phi) is 6.00. The predicted octanol–water partition coefficient (Wildman–Crippen LogP) is 3.74. The number of aryl methyl sites for hydroxylation is 3. The van der Waals surface area contributed by atoms with Gasteiger partial charge in [-0.05, 0) is 50.3 Å². The summed E-state index contributed by atoms with van der Waals surface area (Å²) in [5, 5.41) is 8.47. The lowest BCUT2D eigenvalue weighted by Gasteiger charge is -2.32. The zero-order chi connectivity index (χ0) is 23.0. The summed E-state index contributed by atoms with van der Waals surface area (Å²) < 4.78 is 1.75. The molecule has 0 radical (unpaired) electrons. The highest BCUT2D eigenvalue weighted by Gasteiger charge is 2.28. The smallest absolute Gasteiger partial charge is 0.254 e. The molecule has 1 aromatic carbocycles. The van der Waals surface area contributed by atoms with Gasteiger partial charge in [0, 0.05) is 37.4 Å². The van der Waals surface area contributed by atoms with E-state index in [0.717, 1.165) is 40.8 Å². The molecule has 2 amide bonds. The zero-order valence-electron chi connectivity index (χ0n) is 19.5. The van der Waals surface area contributed by atoms with Gasteiger partial charge in [0.1, 0.15) is 0 Å². The first-order chi connectivity index (χ1) is 15.3. The van der Waals surface area contributed by atoms with Gasteiger partial charge in [-0.1, -0.05) is 32.0 Å². The first-order valence-corrected chi connectivity index (χ1v) is 11.3. The molecular formula is C25H31N5O2. The van der Waals surface area contributed by atoms with Crippen LogP contribution < -0.4 is 5.32 Å². The van der Waals surface area contributed by atoms with Crippen molar-refractivity contribution in [3.8, 4) is 0 Å². The molecular weight excluding hydrogens is 402 g/mol. The molecule has 0 bridgehead atoms.